The fraction of sp³-hybridized carbons (Fsp3) is 0.636. The molecule has 6 aliphatic rings. The van der Waals surface area contributed by atoms with Crippen LogP contribution in [0.2, 0.25) is 0 Å². The molecule has 0 bridgehead atoms. The van der Waals surface area contributed by atoms with Crippen LogP contribution in [0.25, 0.3) is 0 Å². The van der Waals surface area contributed by atoms with Crippen molar-refractivity contribution < 1.29 is 21.6 Å². The number of aryl methyl sites for hydroxylation is 4. The number of nitrogens with one attached hydrogen (secondary N) is 2. The highest BCUT2D eigenvalue weighted by molar-refractivity contribution is 7.89. The van der Waals surface area contributed by atoms with Gasteiger partial charge in [-0.2, -0.15) is 0 Å². The van der Waals surface area contributed by atoms with Crippen LogP contribution >= 0.6 is 12.2 Å². The van der Waals surface area contributed by atoms with Gasteiger partial charge in [-0.3, -0.25) is 14.8 Å². The van der Waals surface area contributed by atoms with E-state index < -0.39 is 25.6 Å². The maximum absolute atomic E-state index is 12.9. The van der Waals surface area contributed by atoms with Crippen molar-refractivity contribution in [3.8, 4) is 0 Å². The van der Waals surface area contributed by atoms with Crippen molar-refractivity contribution in [1.82, 2.24) is 19.2 Å². The molecule has 2 aromatic carbocycles. The summed E-state index contributed by atoms with van der Waals surface area (Å²) in [6, 6.07) is 15.9. The first-order valence-corrected chi connectivity index (χ1v) is 25.3. The molecule has 4 aliphatic heterocycles. The largest absolute Gasteiger partial charge is 0.336 e. The van der Waals surface area contributed by atoms with Gasteiger partial charge in [-0.05, 0) is 100 Å². The Morgan fingerprint density at radius 3 is 1.47 bits per heavy atom. The molecule has 0 aromatic heterocycles. The van der Waals surface area contributed by atoms with E-state index in [1.807, 2.05) is 62.4 Å². The van der Waals surface area contributed by atoms with Gasteiger partial charge in [0.15, 0.2) is 0 Å². The number of amides is 1. The summed E-state index contributed by atoms with van der Waals surface area (Å²) in [5.74, 6) is 3.00. The molecular weight excluding hydrogens is 789 g/mol. The number of rotatable bonds is 10. The third kappa shape index (κ3) is 9.77. The van der Waals surface area contributed by atoms with Crippen molar-refractivity contribution in [2.45, 2.75) is 128 Å². The number of carbonyl (C=O) groups is 1. The molecule has 4 fully saturated rings. The average molecular weight is 851 g/mol. The van der Waals surface area contributed by atoms with Crippen molar-refractivity contribution >= 4 is 54.8 Å². The zero-order chi connectivity index (χ0) is 41.0. The first-order chi connectivity index (χ1) is 27.8. The highest BCUT2D eigenvalue weighted by atomic mass is 32.2. The lowest BCUT2D eigenvalue weighted by atomic mass is 9.88. The molecule has 4 heterocycles. The number of nitrogens with zero attached hydrogens (tertiary/aromatic N) is 4. The molecular formula is C44H62N6O5S3. The van der Waals surface area contributed by atoms with E-state index in [1.54, 1.807) is 8.61 Å². The SMILES string of the molecule is Cc1ccccc1CCS(=O)(=O)N1CCC2(CC1)N=C(C1CCCCC1)NC2=O.Cc1ccccc1CCS(=O)(=O)N1CCC2(CC1)N=C(C1CCCCC1)NC2=S. The smallest absolute Gasteiger partial charge is 0.253 e. The molecule has 2 aliphatic carbocycles. The van der Waals surface area contributed by atoms with Gasteiger partial charge in [0.25, 0.3) is 5.91 Å². The Bertz CT molecular complexity index is 1940. The van der Waals surface area contributed by atoms with Gasteiger partial charge in [0.05, 0.1) is 11.5 Å². The number of aliphatic imine (C=N–C) groups is 2. The molecule has 2 spiro atoms. The van der Waals surface area contributed by atoms with E-state index in [0.29, 0.717) is 76.5 Å². The van der Waals surface area contributed by atoms with Crippen molar-refractivity contribution in [1.29, 1.82) is 0 Å². The Balaban J connectivity index is 0.000000177. The van der Waals surface area contributed by atoms with Crippen molar-refractivity contribution in [2.75, 3.05) is 37.7 Å². The summed E-state index contributed by atoms with van der Waals surface area (Å²) in [6.45, 7) is 5.77. The lowest BCUT2D eigenvalue weighted by Gasteiger charge is -2.36. The van der Waals surface area contributed by atoms with Crippen molar-refractivity contribution in [2.24, 2.45) is 21.8 Å². The van der Waals surface area contributed by atoms with E-state index in [1.165, 1.54) is 51.4 Å². The third-order valence-corrected chi connectivity index (χ3v) is 17.9. The first-order valence-electron chi connectivity index (χ1n) is 21.7. The molecule has 2 saturated carbocycles. The van der Waals surface area contributed by atoms with Crippen LogP contribution in [-0.2, 0) is 37.7 Å². The summed E-state index contributed by atoms with van der Waals surface area (Å²) in [5, 5.41) is 6.44. The predicted molar refractivity (Wildman–Crippen MR) is 236 cm³/mol. The van der Waals surface area contributed by atoms with Gasteiger partial charge in [0, 0.05) is 38.0 Å². The Labute approximate surface area is 352 Å². The van der Waals surface area contributed by atoms with Crippen molar-refractivity contribution in [3.63, 3.8) is 0 Å². The second kappa shape index (κ2) is 18.3. The van der Waals surface area contributed by atoms with E-state index in [9.17, 15) is 21.6 Å². The standard InChI is InChI=1S/C22H31N3O3S.C22H31N3O2S2/c1-17-7-5-6-8-18(17)11-16-29(27,28)25-14-12-22(13-15-25)21(26)23-20(24-22)19-9-3-2-4-10-19;1-17-7-5-6-8-18(17)11-16-29(26,27)25-14-12-22(13-15-25)21(28)23-20(24-22)19-9-3-2-4-10-19/h5-8,19H,2-4,9-16H2,1H3,(H,23,24,26);5-8,19H,2-4,9-16H2,1H3,(H,23,24,28). The highest BCUT2D eigenvalue weighted by Gasteiger charge is 2.49. The Morgan fingerprint density at radius 1 is 0.621 bits per heavy atom. The summed E-state index contributed by atoms with van der Waals surface area (Å²) in [7, 11) is -6.62. The fourth-order valence-corrected chi connectivity index (χ4v) is 13.0. The topological polar surface area (TPSA) is 141 Å². The normalized spacial score (nSPS) is 23.2. The summed E-state index contributed by atoms with van der Waals surface area (Å²) >= 11 is 5.67. The van der Waals surface area contributed by atoms with Gasteiger partial charge in [-0.25, -0.2) is 25.4 Å². The monoisotopic (exact) mass is 850 g/mol. The third-order valence-electron chi connectivity index (χ3n) is 13.6. The molecule has 1 amide bonds. The molecule has 2 saturated heterocycles. The minimum absolute atomic E-state index is 0.0324. The minimum atomic E-state index is -3.34. The van der Waals surface area contributed by atoms with Gasteiger partial charge >= 0.3 is 0 Å². The zero-order valence-electron chi connectivity index (χ0n) is 34.4. The van der Waals surface area contributed by atoms with E-state index in [0.717, 1.165) is 51.8 Å². The first kappa shape index (κ1) is 43.1. The predicted octanol–water partition coefficient (Wildman–Crippen LogP) is 6.42. The molecule has 8 rings (SSSR count). The van der Waals surface area contributed by atoms with E-state index >= 15 is 0 Å². The van der Waals surface area contributed by atoms with Crippen LogP contribution in [-0.4, -0.2) is 96.8 Å². The Morgan fingerprint density at radius 2 is 1.02 bits per heavy atom. The molecule has 0 radical (unpaired) electrons. The molecule has 14 heteroatoms. The van der Waals surface area contributed by atoms with Gasteiger partial charge in [-0.15, -0.1) is 0 Å². The maximum Gasteiger partial charge on any atom is 0.253 e. The van der Waals surface area contributed by atoms with Crippen LogP contribution in [0.5, 0.6) is 0 Å². The quantitative estimate of drug-likeness (QED) is 0.263. The lowest BCUT2D eigenvalue weighted by molar-refractivity contribution is -0.125. The number of amidine groups is 2. The number of sulfonamides is 2. The number of thiocarbonyl (C=S) groups is 1. The number of piperidine rings is 2. The second-order valence-corrected chi connectivity index (χ2v) is 22.0. The molecule has 0 unspecified atom stereocenters. The van der Waals surface area contributed by atoms with E-state index in [4.69, 9.17) is 22.2 Å². The van der Waals surface area contributed by atoms with Crippen molar-refractivity contribution in [3.05, 3.63) is 70.8 Å². The summed E-state index contributed by atoms with van der Waals surface area (Å²) in [6.07, 6.45) is 15.4. The number of benzene rings is 2. The second-order valence-electron chi connectivity index (χ2n) is 17.4. The molecule has 316 valence electrons. The van der Waals surface area contributed by atoms with E-state index in [2.05, 4.69) is 10.6 Å². The van der Waals surface area contributed by atoms with Crippen LogP contribution in [0.1, 0.15) is 112 Å². The van der Waals surface area contributed by atoms with Gasteiger partial charge in [0.2, 0.25) is 20.0 Å². The Kier molecular flexibility index (Phi) is 13.6. The van der Waals surface area contributed by atoms with Crippen LogP contribution in [0.4, 0.5) is 0 Å². The lowest BCUT2D eigenvalue weighted by Crippen LogP contribution is -2.51. The van der Waals surface area contributed by atoms with Gasteiger partial charge < -0.3 is 10.6 Å². The average Bonchev–Trinajstić information content (AvgIpc) is 3.73. The minimum Gasteiger partial charge on any atom is -0.336 e. The van der Waals surface area contributed by atoms with Crippen LogP contribution < -0.4 is 10.6 Å². The summed E-state index contributed by atoms with van der Waals surface area (Å²) < 4.78 is 54.7. The van der Waals surface area contributed by atoms with Gasteiger partial charge in [-0.1, -0.05) is 99.3 Å². The number of hydrogen-bond donors (Lipinski definition) is 2. The van der Waals surface area contributed by atoms with Gasteiger partial charge in [0.1, 0.15) is 27.7 Å². The van der Waals surface area contributed by atoms with Crippen LogP contribution in [0.3, 0.4) is 0 Å². The number of carbonyl (C=O) groups excluding carboxylic acids is 1. The fourth-order valence-electron chi connectivity index (χ4n) is 9.69. The maximum atomic E-state index is 12.9. The highest BCUT2D eigenvalue weighted by Crippen LogP contribution is 2.37. The summed E-state index contributed by atoms with van der Waals surface area (Å²) in [5.41, 5.74) is 3.30. The summed E-state index contributed by atoms with van der Waals surface area (Å²) in [4.78, 5) is 23.4. The molecule has 2 aromatic rings. The molecule has 0 atom stereocenters. The zero-order valence-corrected chi connectivity index (χ0v) is 36.8. The van der Waals surface area contributed by atoms with E-state index in [-0.39, 0.29) is 23.0 Å². The van der Waals surface area contributed by atoms with Crippen LogP contribution in [0, 0.1) is 25.7 Å². The van der Waals surface area contributed by atoms with Crippen LogP contribution in [0.15, 0.2) is 58.5 Å². The molecule has 58 heavy (non-hydrogen) atoms. The number of hydrogen-bond acceptors (Lipinski definition) is 8. The molecule has 2 N–H and O–H groups in total. The molecule has 11 nitrogen and oxygen atoms in total. The Hall–Kier alpha value is -3.04.